The van der Waals surface area contributed by atoms with Gasteiger partial charge >= 0.3 is 0 Å². The predicted octanol–water partition coefficient (Wildman–Crippen LogP) is 3.39. The Morgan fingerprint density at radius 2 is 2.35 bits per heavy atom. The molecular weight excluding hydrogens is 232 g/mol. The van der Waals surface area contributed by atoms with Crippen molar-refractivity contribution in [1.29, 1.82) is 0 Å². The maximum absolute atomic E-state index is 10.7. The molecule has 0 aromatic carbocycles. The molecule has 3 heteroatoms. The molecule has 2 heterocycles. The fourth-order valence-electron chi connectivity index (χ4n) is 2.57. The number of rotatable bonds is 4. The van der Waals surface area contributed by atoms with Gasteiger partial charge in [0.15, 0.2) is 0 Å². The van der Waals surface area contributed by atoms with Gasteiger partial charge in [0.1, 0.15) is 0 Å². The highest BCUT2D eigenvalue weighted by Gasteiger charge is 2.40. The van der Waals surface area contributed by atoms with Gasteiger partial charge < -0.3 is 9.84 Å². The van der Waals surface area contributed by atoms with E-state index in [1.54, 1.807) is 11.3 Å². The van der Waals surface area contributed by atoms with Gasteiger partial charge in [-0.05, 0) is 44.1 Å². The van der Waals surface area contributed by atoms with E-state index in [-0.39, 0.29) is 5.60 Å². The van der Waals surface area contributed by atoms with Crippen molar-refractivity contribution in [3.8, 4) is 0 Å². The number of aliphatic hydroxyl groups is 1. The zero-order chi connectivity index (χ0) is 12.4. The molecule has 1 fully saturated rings. The van der Waals surface area contributed by atoms with E-state index in [2.05, 4.69) is 31.4 Å². The number of hydrogen-bond donors (Lipinski definition) is 1. The highest BCUT2D eigenvalue weighted by Crippen LogP contribution is 2.37. The molecule has 0 amide bonds. The minimum absolute atomic E-state index is 0.136. The van der Waals surface area contributed by atoms with E-state index in [4.69, 9.17) is 4.74 Å². The minimum Gasteiger partial charge on any atom is -0.390 e. The minimum atomic E-state index is -0.535. The molecule has 1 aliphatic rings. The Hall–Kier alpha value is -0.380. The highest BCUT2D eigenvalue weighted by molar-refractivity contribution is 7.09. The van der Waals surface area contributed by atoms with Crippen LogP contribution in [0.15, 0.2) is 17.5 Å². The van der Waals surface area contributed by atoms with Crippen LogP contribution >= 0.6 is 11.3 Å². The fourth-order valence-corrected chi connectivity index (χ4v) is 3.28. The third-order valence-electron chi connectivity index (χ3n) is 3.89. The van der Waals surface area contributed by atoms with Crippen LogP contribution in [-0.4, -0.2) is 22.9 Å². The Kier molecular flexibility index (Phi) is 3.91. The van der Waals surface area contributed by atoms with Gasteiger partial charge in [-0.1, -0.05) is 13.0 Å². The average Bonchev–Trinajstić information content (AvgIpc) is 2.79. The van der Waals surface area contributed by atoms with Gasteiger partial charge in [-0.2, -0.15) is 0 Å². The van der Waals surface area contributed by atoms with Crippen LogP contribution < -0.4 is 0 Å². The van der Waals surface area contributed by atoms with Crippen molar-refractivity contribution >= 4 is 11.3 Å². The average molecular weight is 254 g/mol. The Morgan fingerprint density at radius 3 is 3.00 bits per heavy atom. The van der Waals surface area contributed by atoms with Crippen LogP contribution in [0.1, 0.15) is 44.4 Å². The van der Waals surface area contributed by atoms with Gasteiger partial charge in [0.05, 0.1) is 17.8 Å². The summed E-state index contributed by atoms with van der Waals surface area (Å²) in [6, 6.07) is 4.22. The summed E-state index contributed by atoms with van der Waals surface area (Å²) in [5.41, 5.74) is -0.671. The maximum atomic E-state index is 10.7. The molecule has 0 radical (unpaired) electrons. The molecule has 1 N–H and O–H groups in total. The lowest BCUT2D eigenvalue weighted by molar-refractivity contribution is -0.155. The van der Waals surface area contributed by atoms with Crippen LogP contribution in [0.5, 0.6) is 0 Å². The Morgan fingerprint density at radius 1 is 1.53 bits per heavy atom. The van der Waals surface area contributed by atoms with Crippen molar-refractivity contribution in [2.75, 3.05) is 6.61 Å². The van der Waals surface area contributed by atoms with Crippen LogP contribution in [-0.2, 0) is 11.2 Å². The van der Waals surface area contributed by atoms with Crippen LogP contribution in [0.3, 0.4) is 0 Å². The van der Waals surface area contributed by atoms with E-state index < -0.39 is 5.60 Å². The summed E-state index contributed by atoms with van der Waals surface area (Å²) in [5.74, 6) is 0. The Balaban J connectivity index is 1.94. The first-order valence-corrected chi connectivity index (χ1v) is 7.32. The van der Waals surface area contributed by atoms with Crippen molar-refractivity contribution in [3.63, 3.8) is 0 Å². The van der Waals surface area contributed by atoms with Crippen molar-refractivity contribution in [2.24, 2.45) is 0 Å². The summed E-state index contributed by atoms with van der Waals surface area (Å²) in [6.45, 7) is 4.93. The molecule has 1 aromatic rings. The molecule has 2 nitrogen and oxygen atoms in total. The summed E-state index contributed by atoms with van der Waals surface area (Å²) in [6.07, 6.45) is 4.34. The lowest BCUT2D eigenvalue weighted by atomic mass is 9.79. The molecule has 2 atom stereocenters. The molecule has 1 aliphatic heterocycles. The molecule has 1 saturated heterocycles. The van der Waals surface area contributed by atoms with Crippen molar-refractivity contribution < 1.29 is 9.84 Å². The lowest BCUT2D eigenvalue weighted by Gasteiger charge is -2.43. The second-order valence-corrected chi connectivity index (χ2v) is 6.41. The quantitative estimate of drug-likeness (QED) is 0.892. The van der Waals surface area contributed by atoms with Crippen molar-refractivity contribution in [3.05, 3.63) is 22.4 Å². The Labute approximate surface area is 108 Å². The van der Waals surface area contributed by atoms with Gasteiger partial charge in [0.2, 0.25) is 0 Å². The predicted molar refractivity (Wildman–Crippen MR) is 71.5 cm³/mol. The highest BCUT2D eigenvalue weighted by atomic mass is 32.1. The number of aryl methyl sites for hydroxylation is 1. The first-order valence-electron chi connectivity index (χ1n) is 6.44. The van der Waals surface area contributed by atoms with Crippen LogP contribution in [0, 0.1) is 0 Å². The normalized spacial score (nSPS) is 33.8. The molecule has 0 bridgehead atoms. The van der Waals surface area contributed by atoms with Crippen molar-refractivity contribution in [1.82, 2.24) is 0 Å². The topological polar surface area (TPSA) is 29.5 Å². The molecular formula is C14H22O2S. The molecule has 0 saturated carbocycles. The van der Waals surface area contributed by atoms with E-state index in [1.165, 1.54) is 4.88 Å². The third kappa shape index (κ3) is 3.30. The van der Waals surface area contributed by atoms with Gasteiger partial charge in [0, 0.05) is 11.3 Å². The van der Waals surface area contributed by atoms with Crippen molar-refractivity contribution in [2.45, 2.75) is 57.2 Å². The molecule has 1 aromatic heterocycles. The van der Waals surface area contributed by atoms with Crippen LogP contribution in [0.2, 0.25) is 0 Å². The SMILES string of the molecule is CCC1(C)CC(O)(CCc2cccs2)CCO1. The zero-order valence-corrected chi connectivity index (χ0v) is 11.6. The van der Waals surface area contributed by atoms with E-state index >= 15 is 0 Å². The number of hydrogen-bond acceptors (Lipinski definition) is 3. The van der Waals surface area contributed by atoms with Gasteiger partial charge in [-0.25, -0.2) is 0 Å². The second-order valence-electron chi connectivity index (χ2n) is 5.38. The summed E-state index contributed by atoms with van der Waals surface area (Å²) in [7, 11) is 0. The smallest absolute Gasteiger partial charge is 0.0700 e. The van der Waals surface area contributed by atoms with E-state index in [0.29, 0.717) is 6.61 Å². The van der Waals surface area contributed by atoms with Crippen LogP contribution in [0.4, 0.5) is 0 Å². The molecule has 2 rings (SSSR count). The first-order chi connectivity index (χ1) is 8.05. The number of thiophene rings is 1. The van der Waals surface area contributed by atoms with E-state index in [1.807, 2.05) is 0 Å². The molecule has 0 spiro atoms. The van der Waals surface area contributed by atoms with Gasteiger partial charge in [0.25, 0.3) is 0 Å². The first kappa shape index (κ1) is 13.1. The Bertz CT molecular complexity index is 349. The molecule has 96 valence electrons. The monoisotopic (exact) mass is 254 g/mol. The lowest BCUT2D eigenvalue weighted by Crippen LogP contribution is -2.47. The second kappa shape index (κ2) is 5.09. The van der Waals surface area contributed by atoms with Gasteiger partial charge in [-0.3, -0.25) is 0 Å². The fraction of sp³-hybridized carbons (Fsp3) is 0.714. The standard InChI is InChI=1S/C14H22O2S/c1-3-13(2)11-14(15,8-9-16-13)7-6-12-5-4-10-17-12/h4-5,10,15H,3,6-9,11H2,1-2H3. The maximum Gasteiger partial charge on any atom is 0.0700 e. The molecule has 17 heavy (non-hydrogen) atoms. The number of ether oxygens (including phenoxy) is 1. The summed E-state index contributed by atoms with van der Waals surface area (Å²) < 4.78 is 5.79. The molecule has 0 aliphatic carbocycles. The molecule has 2 unspecified atom stereocenters. The summed E-state index contributed by atoms with van der Waals surface area (Å²) in [5, 5.41) is 12.8. The zero-order valence-electron chi connectivity index (χ0n) is 10.7. The largest absolute Gasteiger partial charge is 0.390 e. The van der Waals surface area contributed by atoms with E-state index in [9.17, 15) is 5.11 Å². The summed E-state index contributed by atoms with van der Waals surface area (Å²) in [4.78, 5) is 1.36. The van der Waals surface area contributed by atoms with Crippen LogP contribution in [0.25, 0.3) is 0 Å². The van der Waals surface area contributed by atoms with Gasteiger partial charge in [-0.15, -0.1) is 11.3 Å². The third-order valence-corrected chi connectivity index (χ3v) is 4.82. The summed E-state index contributed by atoms with van der Waals surface area (Å²) >= 11 is 1.77. The van der Waals surface area contributed by atoms with E-state index in [0.717, 1.165) is 32.1 Å².